The molecule has 1 aromatic rings. The van der Waals surface area contributed by atoms with Gasteiger partial charge in [0.15, 0.2) is 5.75 Å². The average Bonchev–Trinajstić information content (AvgIpc) is 2.57. The van der Waals surface area contributed by atoms with Crippen LogP contribution in [-0.2, 0) is 16.0 Å². The van der Waals surface area contributed by atoms with Gasteiger partial charge in [0.05, 0.1) is 0 Å². The van der Waals surface area contributed by atoms with Crippen molar-refractivity contribution in [3.8, 4) is 5.75 Å². The first kappa shape index (κ1) is 23.1. The highest BCUT2D eigenvalue weighted by atomic mass is 16.3. The van der Waals surface area contributed by atoms with Gasteiger partial charge in [0.25, 0.3) is 0 Å². The Morgan fingerprint density at radius 2 is 1.48 bits per heavy atom. The van der Waals surface area contributed by atoms with Gasteiger partial charge in [-0.3, -0.25) is 14.4 Å². The minimum Gasteiger partial charge on any atom is -0.502 e. The van der Waals surface area contributed by atoms with E-state index < -0.39 is 5.43 Å². The maximum absolute atomic E-state index is 12.1. The minimum atomic E-state index is -0.444. The van der Waals surface area contributed by atoms with Crippen molar-refractivity contribution in [3.05, 3.63) is 28.3 Å². The lowest BCUT2D eigenvalue weighted by molar-refractivity contribution is -0.124. The van der Waals surface area contributed by atoms with Gasteiger partial charge in [-0.2, -0.15) is 0 Å². The largest absolute Gasteiger partial charge is 0.502 e. The summed E-state index contributed by atoms with van der Waals surface area (Å²) in [6.45, 7) is 10.5. The Kier molecular flexibility index (Phi) is 8.45. The maximum atomic E-state index is 12.1. The topological polar surface area (TPSA) is 84.6 Å². The highest BCUT2D eigenvalue weighted by Crippen LogP contribution is 2.29. The molecule has 1 heterocycles. The molecule has 0 fully saturated rings. The smallest absolute Gasteiger partial charge is 0.226 e. The highest BCUT2D eigenvalue weighted by molar-refractivity contribution is 5.85. The Balaban J connectivity index is 2.33. The summed E-state index contributed by atoms with van der Waals surface area (Å²) in [6.07, 6.45) is 5.63. The Bertz CT molecular complexity index is 691. The Morgan fingerprint density at radius 3 is 2.00 bits per heavy atom. The molecule has 27 heavy (non-hydrogen) atoms. The zero-order valence-electron chi connectivity index (χ0n) is 17.4. The Hall–Kier alpha value is -1.91. The number of hydrogen-bond acceptors (Lipinski definition) is 5. The predicted octanol–water partition coefficient (Wildman–Crippen LogP) is 4.83. The fraction of sp³-hybridized carbons (Fsp3) is 0.682. The molecular formula is C22H34O5. The standard InChI is InChI=1S/C22H34O5/c1-21(2,3)11-8-16(23)6-7-17(24)9-12-22(4,5)13-10-18-14-19(25)20(26)15-27-18/h14-15,26H,6-13H2,1-5H3. The van der Waals surface area contributed by atoms with Crippen LogP contribution in [0.5, 0.6) is 5.75 Å². The van der Waals surface area contributed by atoms with E-state index in [2.05, 4.69) is 34.6 Å². The molecule has 0 spiro atoms. The molecule has 1 N–H and O–H groups in total. The van der Waals surface area contributed by atoms with Gasteiger partial charge in [-0.1, -0.05) is 34.6 Å². The molecule has 0 bridgehead atoms. The van der Waals surface area contributed by atoms with E-state index in [1.807, 2.05) is 0 Å². The number of aromatic hydroxyl groups is 1. The number of ketones is 2. The van der Waals surface area contributed by atoms with Crippen molar-refractivity contribution in [1.82, 2.24) is 0 Å². The van der Waals surface area contributed by atoms with Crippen LogP contribution in [0.15, 0.2) is 21.5 Å². The molecule has 0 aromatic carbocycles. The van der Waals surface area contributed by atoms with Crippen molar-refractivity contribution in [2.75, 3.05) is 0 Å². The predicted molar refractivity (Wildman–Crippen MR) is 106 cm³/mol. The van der Waals surface area contributed by atoms with Gasteiger partial charge < -0.3 is 9.52 Å². The van der Waals surface area contributed by atoms with E-state index in [0.717, 1.165) is 25.5 Å². The van der Waals surface area contributed by atoms with Crippen molar-refractivity contribution in [1.29, 1.82) is 0 Å². The number of aryl methyl sites for hydroxylation is 1. The summed E-state index contributed by atoms with van der Waals surface area (Å²) >= 11 is 0. The zero-order chi connectivity index (χ0) is 20.7. The van der Waals surface area contributed by atoms with Crippen LogP contribution >= 0.6 is 0 Å². The van der Waals surface area contributed by atoms with Gasteiger partial charge >= 0.3 is 0 Å². The molecule has 152 valence electrons. The van der Waals surface area contributed by atoms with Crippen LogP contribution in [0.2, 0.25) is 0 Å². The van der Waals surface area contributed by atoms with E-state index >= 15 is 0 Å². The third kappa shape index (κ3) is 10.1. The minimum absolute atomic E-state index is 0.0810. The van der Waals surface area contributed by atoms with E-state index in [0.29, 0.717) is 37.9 Å². The number of carbonyl (C=O) groups is 2. The van der Waals surface area contributed by atoms with Crippen molar-refractivity contribution >= 4 is 11.6 Å². The molecule has 0 atom stereocenters. The fourth-order valence-electron chi connectivity index (χ4n) is 2.68. The summed E-state index contributed by atoms with van der Waals surface area (Å²) in [5.74, 6) is 0.436. The van der Waals surface area contributed by atoms with Gasteiger partial charge in [-0.25, -0.2) is 0 Å². The molecule has 0 aliphatic rings. The summed E-state index contributed by atoms with van der Waals surface area (Å²) in [5.41, 5.74) is -0.386. The van der Waals surface area contributed by atoms with Crippen LogP contribution in [0.1, 0.15) is 85.3 Å². The van der Waals surface area contributed by atoms with E-state index in [9.17, 15) is 19.5 Å². The molecule has 0 saturated carbocycles. The number of Topliss-reactive ketones (excluding diaryl/α,β-unsaturated/α-hetero) is 2. The van der Waals surface area contributed by atoms with Crippen LogP contribution < -0.4 is 5.43 Å². The Labute approximate surface area is 162 Å². The Morgan fingerprint density at radius 1 is 0.926 bits per heavy atom. The molecule has 0 aliphatic carbocycles. The molecule has 0 amide bonds. The van der Waals surface area contributed by atoms with E-state index in [1.165, 1.54) is 6.07 Å². The van der Waals surface area contributed by atoms with Crippen LogP contribution in [0.25, 0.3) is 0 Å². The van der Waals surface area contributed by atoms with Crippen LogP contribution in [0.3, 0.4) is 0 Å². The monoisotopic (exact) mass is 378 g/mol. The SMILES string of the molecule is CC(C)(C)CCC(=O)CCC(=O)CCC(C)(C)CCc1cc(=O)c(O)co1. The number of hydrogen-bond donors (Lipinski definition) is 1. The van der Waals surface area contributed by atoms with Gasteiger partial charge in [-0.05, 0) is 30.1 Å². The lowest BCUT2D eigenvalue weighted by Gasteiger charge is -2.24. The molecule has 5 heteroatoms. The van der Waals surface area contributed by atoms with Gasteiger partial charge in [0.1, 0.15) is 23.6 Å². The molecule has 1 aromatic heterocycles. The average molecular weight is 379 g/mol. The summed E-state index contributed by atoms with van der Waals surface area (Å²) in [7, 11) is 0. The summed E-state index contributed by atoms with van der Waals surface area (Å²) in [5, 5.41) is 9.21. The van der Waals surface area contributed by atoms with E-state index in [-0.39, 0.29) is 28.1 Å². The van der Waals surface area contributed by atoms with Crippen LogP contribution in [0, 0.1) is 10.8 Å². The van der Waals surface area contributed by atoms with Crippen LogP contribution in [-0.4, -0.2) is 16.7 Å². The first-order valence-corrected chi connectivity index (χ1v) is 9.72. The third-order valence-corrected chi connectivity index (χ3v) is 4.83. The van der Waals surface area contributed by atoms with Crippen molar-refractivity contribution < 1.29 is 19.1 Å². The second-order valence-corrected chi connectivity index (χ2v) is 9.40. The fourth-order valence-corrected chi connectivity index (χ4v) is 2.68. The summed E-state index contributed by atoms with van der Waals surface area (Å²) < 4.78 is 5.22. The van der Waals surface area contributed by atoms with Gasteiger partial charge in [0.2, 0.25) is 5.43 Å². The molecule has 0 saturated heterocycles. The number of carbonyl (C=O) groups excluding carboxylic acids is 2. The van der Waals surface area contributed by atoms with E-state index in [1.54, 1.807) is 0 Å². The third-order valence-electron chi connectivity index (χ3n) is 4.83. The molecular weight excluding hydrogens is 344 g/mol. The molecule has 0 unspecified atom stereocenters. The number of rotatable bonds is 11. The molecule has 1 rings (SSSR count). The molecule has 5 nitrogen and oxygen atoms in total. The van der Waals surface area contributed by atoms with Gasteiger partial charge in [-0.15, -0.1) is 0 Å². The van der Waals surface area contributed by atoms with Crippen molar-refractivity contribution in [2.24, 2.45) is 10.8 Å². The summed E-state index contributed by atoms with van der Waals surface area (Å²) in [4.78, 5) is 35.4. The van der Waals surface area contributed by atoms with E-state index in [4.69, 9.17) is 4.42 Å². The lowest BCUT2D eigenvalue weighted by Crippen LogP contribution is -2.16. The molecule has 0 aliphatic heterocycles. The first-order chi connectivity index (χ1) is 12.4. The second kappa shape index (κ2) is 9.86. The maximum Gasteiger partial charge on any atom is 0.226 e. The van der Waals surface area contributed by atoms with Crippen LogP contribution in [0.4, 0.5) is 0 Å². The quantitative estimate of drug-likeness (QED) is 0.596. The highest BCUT2D eigenvalue weighted by Gasteiger charge is 2.20. The zero-order valence-corrected chi connectivity index (χ0v) is 17.4. The molecule has 0 radical (unpaired) electrons. The van der Waals surface area contributed by atoms with Crippen molar-refractivity contribution in [2.45, 2.75) is 86.0 Å². The van der Waals surface area contributed by atoms with Gasteiger partial charge in [0, 0.05) is 38.2 Å². The lowest BCUT2D eigenvalue weighted by atomic mass is 9.82. The normalized spacial score (nSPS) is 12.2. The van der Waals surface area contributed by atoms with Crippen molar-refractivity contribution in [3.63, 3.8) is 0 Å². The summed E-state index contributed by atoms with van der Waals surface area (Å²) in [6, 6.07) is 1.31. The first-order valence-electron chi connectivity index (χ1n) is 9.72. The second-order valence-electron chi connectivity index (χ2n) is 9.40.